The lowest BCUT2D eigenvalue weighted by molar-refractivity contribution is -0.116. The summed E-state index contributed by atoms with van der Waals surface area (Å²) in [7, 11) is 0. The minimum atomic E-state index is -0.0940. The molecule has 2 aromatic carbocycles. The quantitative estimate of drug-likeness (QED) is 0.679. The Labute approximate surface area is 139 Å². The summed E-state index contributed by atoms with van der Waals surface area (Å²) < 4.78 is 5.21. The zero-order chi connectivity index (χ0) is 16.8. The van der Waals surface area contributed by atoms with Crippen LogP contribution in [0.5, 0.6) is 5.75 Å². The Morgan fingerprint density at radius 1 is 1.08 bits per heavy atom. The molecule has 122 valence electrons. The van der Waals surface area contributed by atoms with Crippen LogP contribution in [0.4, 0.5) is 5.69 Å². The number of carbonyl (C=O) groups excluding carboxylic acids is 1. The molecule has 6 heteroatoms. The van der Waals surface area contributed by atoms with Crippen LogP contribution >= 0.6 is 0 Å². The maximum atomic E-state index is 11.9. The lowest BCUT2D eigenvalue weighted by Crippen LogP contribution is -2.11. The molecule has 1 heterocycles. The highest BCUT2D eigenvalue weighted by atomic mass is 16.5. The molecular weight excluding hydrogens is 306 g/mol. The predicted molar refractivity (Wildman–Crippen MR) is 89.4 cm³/mol. The molecule has 0 aliphatic heterocycles. The normalized spacial score (nSPS) is 10.5. The molecule has 0 atom stereocenters. The molecule has 0 saturated carbocycles. The first-order valence-corrected chi connectivity index (χ1v) is 7.67. The van der Waals surface area contributed by atoms with Crippen molar-refractivity contribution in [3.8, 4) is 17.1 Å². The van der Waals surface area contributed by atoms with Gasteiger partial charge in [-0.25, -0.2) is 0 Å². The smallest absolute Gasteiger partial charge is 0.226 e. The van der Waals surface area contributed by atoms with Gasteiger partial charge in [0.25, 0.3) is 0 Å². The average molecular weight is 323 g/mol. The highest BCUT2D eigenvalue weighted by Crippen LogP contribution is 2.16. The number of phenolic OH excluding ortho intramolecular Hbond substituents is 1. The first-order chi connectivity index (χ1) is 11.7. The fraction of sp³-hybridized carbons (Fsp3) is 0.167. The summed E-state index contributed by atoms with van der Waals surface area (Å²) >= 11 is 0. The number of anilines is 1. The molecule has 0 unspecified atom stereocenters. The van der Waals surface area contributed by atoms with Gasteiger partial charge in [-0.15, -0.1) is 0 Å². The number of aryl methyl sites for hydroxylation is 1. The van der Waals surface area contributed by atoms with Crippen molar-refractivity contribution in [2.24, 2.45) is 0 Å². The number of benzene rings is 2. The van der Waals surface area contributed by atoms with Crippen molar-refractivity contribution in [3.05, 3.63) is 60.5 Å². The van der Waals surface area contributed by atoms with Crippen LogP contribution in [0.2, 0.25) is 0 Å². The first kappa shape index (κ1) is 15.7. The summed E-state index contributed by atoms with van der Waals surface area (Å²) in [5.41, 5.74) is 1.56. The number of nitrogens with zero attached hydrogens (tertiary/aromatic N) is 2. The third-order valence-corrected chi connectivity index (χ3v) is 3.45. The highest BCUT2D eigenvalue weighted by molar-refractivity contribution is 5.90. The Hall–Kier alpha value is -3.15. The molecule has 1 aromatic heterocycles. The summed E-state index contributed by atoms with van der Waals surface area (Å²) in [4.78, 5) is 16.2. The fourth-order valence-corrected chi connectivity index (χ4v) is 2.23. The Morgan fingerprint density at radius 2 is 1.83 bits per heavy atom. The third kappa shape index (κ3) is 4.19. The van der Waals surface area contributed by atoms with Gasteiger partial charge >= 0.3 is 0 Å². The van der Waals surface area contributed by atoms with Gasteiger partial charge in [0.05, 0.1) is 0 Å². The number of carbonyl (C=O) groups is 1. The van der Waals surface area contributed by atoms with Crippen LogP contribution in [0, 0.1) is 0 Å². The molecule has 0 bridgehead atoms. The van der Waals surface area contributed by atoms with Crippen LogP contribution in [0.3, 0.4) is 0 Å². The van der Waals surface area contributed by atoms with Crippen molar-refractivity contribution in [2.45, 2.75) is 19.3 Å². The van der Waals surface area contributed by atoms with Crippen molar-refractivity contribution < 1.29 is 14.4 Å². The van der Waals surface area contributed by atoms with E-state index in [1.165, 1.54) is 12.1 Å². The van der Waals surface area contributed by atoms with Crippen LogP contribution in [0.1, 0.15) is 18.7 Å². The second kappa shape index (κ2) is 7.41. The Kier molecular flexibility index (Phi) is 4.86. The van der Waals surface area contributed by atoms with Crippen LogP contribution in [0.25, 0.3) is 11.4 Å². The number of phenols is 1. The Morgan fingerprint density at radius 3 is 2.58 bits per heavy atom. The molecule has 3 rings (SSSR count). The van der Waals surface area contributed by atoms with Crippen LogP contribution in [-0.4, -0.2) is 21.2 Å². The zero-order valence-corrected chi connectivity index (χ0v) is 13.0. The van der Waals surface area contributed by atoms with E-state index < -0.39 is 0 Å². The van der Waals surface area contributed by atoms with E-state index >= 15 is 0 Å². The van der Waals surface area contributed by atoms with Crippen molar-refractivity contribution in [3.63, 3.8) is 0 Å². The van der Waals surface area contributed by atoms with Crippen molar-refractivity contribution >= 4 is 11.6 Å². The van der Waals surface area contributed by atoms with Gasteiger partial charge in [-0.05, 0) is 30.7 Å². The molecular formula is C18H17N3O3. The predicted octanol–water partition coefficient (Wildman–Crippen LogP) is 3.40. The SMILES string of the molecule is O=C(CCCc1nc(-c2ccccc2)no1)Nc1ccc(O)cc1. The number of aromatic hydroxyl groups is 1. The van der Waals surface area contributed by atoms with Gasteiger partial charge < -0.3 is 14.9 Å². The van der Waals surface area contributed by atoms with Gasteiger partial charge in [-0.3, -0.25) is 4.79 Å². The number of hydrogen-bond donors (Lipinski definition) is 2. The molecule has 3 aromatic rings. The molecule has 0 fully saturated rings. The third-order valence-electron chi connectivity index (χ3n) is 3.45. The van der Waals surface area contributed by atoms with E-state index in [1.54, 1.807) is 12.1 Å². The number of amides is 1. The highest BCUT2D eigenvalue weighted by Gasteiger charge is 2.09. The summed E-state index contributed by atoms with van der Waals surface area (Å²) in [5, 5.41) is 15.9. The summed E-state index contributed by atoms with van der Waals surface area (Å²) in [5.74, 6) is 1.15. The van der Waals surface area contributed by atoms with E-state index in [4.69, 9.17) is 4.52 Å². The van der Waals surface area contributed by atoms with Gasteiger partial charge in [0, 0.05) is 24.1 Å². The maximum Gasteiger partial charge on any atom is 0.226 e. The number of aromatic nitrogens is 2. The van der Waals surface area contributed by atoms with E-state index in [0.717, 1.165) is 5.56 Å². The van der Waals surface area contributed by atoms with Gasteiger partial charge in [0.15, 0.2) is 0 Å². The second-order valence-electron chi connectivity index (χ2n) is 5.33. The lowest BCUT2D eigenvalue weighted by Gasteiger charge is -2.04. The maximum absolute atomic E-state index is 11.9. The zero-order valence-electron chi connectivity index (χ0n) is 13.0. The van der Waals surface area contributed by atoms with E-state index in [0.29, 0.717) is 36.7 Å². The van der Waals surface area contributed by atoms with Crippen LogP contribution in [0.15, 0.2) is 59.1 Å². The van der Waals surface area contributed by atoms with Crippen molar-refractivity contribution in [1.82, 2.24) is 10.1 Å². The number of rotatable bonds is 6. The molecule has 0 spiro atoms. The van der Waals surface area contributed by atoms with Gasteiger partial charge in [-0.1, -0.05) is 35.5 Å². The molecule has 6 nitrogen and oxygen atoms in total. The summed E-state index contributed by atoms with van der Waals surface area (Å²) in [6, 6.07) is 15.9. The fourth-order valence-electron chi connectivity index (χ4n) is 2.23. The van der Waals surface area contributed by atoms with Crippen LogP contribution < -0.4 is 5.32 Å². The minimum Gasteiger partial charge on any atom is -0.508 e. The van der Waals surface area contributed by atoms with E-state index in [1.807, 2.05) is 30.3 Å². The number of nitrogens with one attached hydrogen (secondary N) is 1. The minimum absolute atomic E-state index is 0.0940. The molecule has 0 saturated heterocycles. The monoisotopic (exact) mass is 323 g/mol. The standard InChI is InChI=1S/C18H17N3O3/c22-15-11-9-14(10-12-15)19-16(23)7-4-8-17-20-18(21-24-17)13-5-2-1-3-6-13/h1-3,5-6,9-12,22H,4,7-8H2,(H,19,23). The van der Waals surface area contributed by atoms with Crippen molar-refractivity contribution in [2.75, 3.05) is 5.32 Å². The largest absolute Gasteiger partial charge is 0.508 e. The van der Waals surface area contributed by atoms with Gasteiger partial charge in [-0.2, -0.15) is 4.98 Å². The molecule has 24 heavy (non-hydrogen) atoms. The molecule has 0 aliphatic carbocycles. The Bertz CT molecular complexity index is 798. The first-order valence-electron chi connectivity index (χ1n) is 7.67. The average Bonchev–Trinajstić information content (AvgIpc) is 3.07. The number of hydrogen-bond acceptors (Lipinski definition) is 5. The summed E-state index contributed by atoms with van der Waals surface area (Å²) in [6.07, 6.45) is 1.51. The van der Waals surface area contributed by atoms with Crippen LogP contribution in [-0.2, 0) is 11.2 Å². The van der Waals surface area contributed by atoms with E-state index in [2.05, 4.69) is 15.5 Å². The topological polar surface area (TPSA) is 88.2 Å². The molecule has 1 amide bonds. The van der Waals surface area contributed by atoms with Crippen molar-refractivity contribution in [1.29, 1.82) is 0 Å². The van der Waals surface area contributed by atoms with Gasteiger partial charge in [0.2, 0.25) is 17.6 Å². The van der Waals surface area contributed by atoms with Gasteiger partial charge in [0.1, 0.15) is 5.75 Å². The Balaban J connectivity index is 1.47. The molecule has 0 radical (unpaired) electrons. The molecule has 0 aliphatic rings. The van der Waals surface area contributed by atoms with E-state index in [-0.39, 0.29) is 11.7 Å². The lowest BCUT2D eigenvalue weighted by atomic mass is 10.2. The molecule has 2 N–H and O–H groups in total. The summed E-state index contributed by atoms with van der Waals surface area (Å²) in [6.45, 7) is 0. The second-order valence-corrected chi connectivity index (χ2v) is 5.33. The van der Waals surface area contributed by atoms with E-state index in [9.17, 15) is 9.90 Å².